The lowest BCUT2D eigenvalue weighted by Gasteiger charge is -2.15. The van der Waals surface area contributed by atoms with Crippen LogP contribution in [0.5, 0.6) is 5.75 Å². The zero-order chi connectivity index (χ0) is 20.8. The number of ether oxygens (including phenoxy) is 2. The summed E-state index contributed by atoms with van der Waals surface area (Å²) >= 11 is 1.29. The number of hydrogen-bond acceptors (Lipinski definition) is 7. The lowest BCUT2D eigenvalue weighted by atomic mass is 10.2. The van der Waals surface area contributed by atoms with Crippen molar-refractivity contribution in [1.82, 2.24) is 15.6 Å². The zero-order valence-corrected chi connectivity index (χ0v) is 17.1. The Balaban J connectivity index is 1.52. The number of urea groups is 1. The molecule has 2 N–H and O–H groups in total. The molecule has 0 spiro atoms. The second-order valence-corrected chi connectivity index (χ2v) is 7.62. The third-order valence-electron chi connectivity index (χ3n) is 4.63. The first kappa shape index (κ1) is 20.8. The first-order chi connectivity index (χ1) is 14.0. The van der Waals surface area contributed by atoms with E-state index in [-0.39, 0.29) is 11.7 Å². The number of carbonyl (C=O) groups is 3. The van der Waals surface area contributed by atoms with E-state index in [2.05, 4.69) is 15.6 Å². The molecular formula is C20H23N3O5S. The number of nitrogens with one attached hydrogen (secondary N) is 2. The van der Waals surface area contributed by atoms with Crippen molar-refractivity contribution in [3.63, 3.8) is 0 Å². The predicted octanol–water partition coefficient (Wildman–Crippen LogP) is 3.13. The van der Waals surface area contributed by atoms with Crippen LogP contribution in [0.3, 0.4) is 0 Å². The molecule has 3 rings (SSSR count). The molecule has 2 aromatic rings. The van der Waals surface area contributed by atoms with E-state index in [1.54, 1.807) is 24.6 Å². The molecule has 1 aliphatic rings. The van der Waals surface area contributed by atoms with Gasteiger partial charge in [0.25, 0.3) is 5.91 Å². The minimum atomic E-state index is -1.12. The Hall–Kier alpha value is -2.94. The average Bonchev–Trinajstić information content (AvgIpc) is 3.40. The molecule has 3 amide bonds. The maximum atomic E-state index is 12.3. The molecule has 0 bridgehead atoms. The van der Waals surface area contributed by atoms with Crippen LogP contribution in [0, 0.1) is 0 Å². The van der Waals surface area contributed by atoms with Gasteiger partial charge in [0.05, 0.1) is 7.11 Å². The zero-order valence-electron chi connectivity index (χ0n) is 16.3. The summed E-state index contributed by atoms with van der Waals surface area (Å²) in [6, 6.07) is 6.81. The van der Waals surface area contributed by atoms with Gasteiger partial charge in [-0.1, -0.05) is 12.8 Å². The summed E-state index contributed by atoms with van der Waals surface area (Å²) in [7, 11) is 1.59. The third-order valence-corrected chi connectivity index (χ3v) is 5.52. The Kier molecular flexibility index (Phi) is 6.82. The molecule has 1 fully saturated rings. The third kappa shape index (κ3) is 5.54. The van der Waals surface area contributed by atoms with Crippen molar-refractivity contribution in [2.75, 3.05) is 7.11 Å². The number of hydrogen-bond donors (Lipinski definition) is 2. The summed E-state index contributed by atoms with van der Waals surface area (Å²) in [6.45, 7) is 1.41. The molecule has 1 aliphatic carbocycles. The first-order valence-electron chi connectivity index (χ1n) is 9.38. The van der Waals surface area contributed by atoms with Crippen LogP contribution >= 0.6 is 11.3 Å². The molecule has 29 heavy (non-hydrogen) atoms. The molecule has 9 heteroatoms. The van der Waals surface area contributed by atoms with Crippen LogP contribution in [0.4, 0.5) is 4.79 Å². The van der Waals surface area contributed by atoms with Crippen LogP contribution in [0.25, 0.3) is 10.6 Å². The summed E-state index contributed by atoms with van der Waals surface area (Å²) in [5, 5.41) is 7.17. The van der Waals surface area contributed by atoms with Crippen molar-refractivity contribution in [1.29, 1.82) is 0 Å². The maximum Gasteiger partial charge on any atom is 0.358 e. The number of methoxy groups -OCH3 is 1. The van der Waals surface area contributed by atoms with E-state index in [9.17, 15) is 14.4 Å². The van der Waals surface area contributed by atoms with E-state index >= 15 is 0 Å². The van der Waals surface area contributed by atoms with Crippen molar-refractivity contribution in [3.8, 4) is 16.3 Å². The molecule has 1 heterocycles. The molecule has 0 aliphatic heterocycles. The van der Waals surface area contributed by atoms with Crippen LogP contribution in [0.1, 0.15) is 43.1 Å². The van der Waals surface area contributed by atoms with Gasteiger partial charge in [0.15, 0.2) is 11.8 Å². The normalized spacial score (nSPS) is 14.8. The highest BCUT2D eigenvalue weighted by Gasteiger charge is 2.24. The van der Waals surface area contributed by atoms with E-state index in [1.165, 1.54) is 18.3 Å². The van der Waals surface area contributed by atoms with Gasteiger partial charge >= 0.3 is 12.0 Å². The molecule has 154 valence electrons. The summed E-state index contributed by atoms with van der Waals surface area (Å²) < 4.78 is 10.3. The van der Waals surface area contributed by atoms with Crippen LogP contribution in [0.2, 0.25) is 0 Å². The predicted molar refractivity (Wildman–Crippen MR) is 108 cm³/mol. The van der Waals surface area contributed by atoms with E-state index in [0.717, 1.165) is 37.0 Å². The van der Waals surface area contributed by atoms with Crippen LogP contribution < -0.4 is 15.4 Å². The van der Waals surface area contributed by atoms with Gasteiger partial charge in [-0.3, -0.25) is 10.1 Å². The summed E-state index contributed by atoms with van der Waals surface area (Å²) in [5.74, 6) is -0.680. The number of rotatable bonds is 6. The number of esters is 1. The Labute approximate surface area is 172 Å². The van der Waals surface area contributed by atoms with Crippen molar-refractivity contribution < 1.29 is 23.9 Å². The highest BCUT2D eigenvalue weighted by molar-refractivity contribution is 7.13. The van der Waals surface area contributed by atoms with Crippen molar-refractivity contribution in [2.24, 2.45) is 0 Å². The Morgan fingerprint density at radius 3 is 2.52 bits per heavy atom. The highest BCUT2D eigenvalue weighted by Crippen LogP contribution is 2.26. The second-order valence-electron chi connectivity index (χ2n) is 6.76. The summed E-state index contributed by atoms with van der Waals surface area (Å²) in [6.07, 6.45) is 2.83. The number of amides is 3. The lowest BCUT2D eigenvalue weighted by Crippen LogP contribution is -2.47. The number of imide groups is 1. The minimum Gasteiger partial charge on any atom is -0.497 e. The van der Waals surface area contributed by atoms with Gasteiger partial charge in [0, 0.05) is 17.0 Å². The van der Waals surface area contributed by atoms with Crippen LogP contribution in [-0.4, -0.2) is 42.1 Å². The van der Waals surface area contributed by atoms with E-state index < -0.39 is 24.0 Å². The molecule has 1 saturated carbocycles. The molecule has 8 nitrogen and oxygen atoms in total. The van der Waals surface area contributed by atoms with E-state index in [0.29, 0.717) is 5.01 Å². The number of aromatic nitrogens is 1. The molecular weight excluding hydrogens is 394 g/mol. The summed E-state index contributed by atoms with van der Waals surface area (Å²) in [5.41, 5.74) is 0.945. The van der Waals surface area contributed by atoms with Crippen LogP contribution in [-0.2, 0) is 9.53 Å². The average molecular weight is 417 g/mol. The Morgan fingerprint density at radius 1 is 1.17 bits per heavy atom. The first-order valence-corrected chi connectivity index (χ1v) is 10.3. The van der Waals surface area contributed by atoms with Gasteiger partial charge in [-0.05, 0) is 44.0 Å². The topological polar surface area (TPSA) is 107 Å². The fourth-order valence-corrected chi connectivity index (χ4v) is 3.81. The minimum absolute atomic E-state index is 0.0899. The highest BCUT2D eigenvalue weighted by atomic mass is 32.1. The van der Waals surface area contributed by atoms with Gasteiger partial charge in [-0.2, -0.15) is 0 Å². The molecule has 1 aromatic heterocycles. The standard InChI is InChI=1S/C20H23N3O5S/c1-12(17(24)23-20(26)21-14-5-3-4-6-14)28-19(25)16-11-29-18(22-16)13-7-9-15(27-2)10-8-13/h7-12,14H,3-6H2,1-2H3,(H2,21,23,24,26). The maximum absolute atomic E-state index is 12.3. The fraction of sp³-hybridized carbons (Fsp3) is 0.400. The number of thiazole rings is 1. The molecule has 1 atom stereocenters. The van der Waals surface area contributed by atoms with E-state index in [4.69, 9.17) is 9.47 Å². The molecule has 0 saturated heterocycles. The lowest BCUT2D eigenvalue weighted by molar-refractivity contribution is -0.127. The van der Waals surface area contributed by atoms with Crippen molar-refractivity contribution in [2.45, 2.75) is 44.8 Å². The summed E-state index contributed by atoms with van der Waals surface area (Å²) in [4.78, 5) is 40.5. The quantitative estimate of drug-likeness (QED) is 0.700. The number of carbonyl (C=O) groups excluding carboxylic acids is 3. The van der Waals surface area contributed by atoms with Gasteiger partial charge in [0.1, 0.15) is 10.8 Å². The fourth-order valence-electron chi connectivity index (χ4n) is 3.01. The molecule has 0 radical (unpaired) electrons. The SMILES string of the molecule is COc1ccc(-c2nc(C(=O)OC(C)C(=O)NC(=O)NC3CCCC3)cs2)cc1. The van der Waals surface area contributed by atoms with Gasteiger partial charge in [0.2, 0.25) is 0 Å². The smallest absolute Gasteiger partial charge is 0.358 e. The molecule has 1 unspecified atom stereocenters. The Morgan fingerprint density at radius 2 is 1.86 bits per heavy atom. The number of nitrogens with zero attached hydrogens (tertiary/aromatic N) is 1. The van der Waals surface area contributed by atoms with Gasteiger partial charge < -0.3 is 14.8 Å². The van der Waals surface area contributed by atoms with Crippen LogP contribution in [0.15, 0.2) is 29.6 Å². The van der Waals surface area contributed by atoms with Crippen molar-refractivity contribution >= 4 is 29.2 Å². The second kappa shape index (κ2) is 9.51. The molecule has 1 aromatic carbocycles. The largest absolute Gasteiger partial charge is 0.497 e. The number of benzene rings is 1. The van der Waals surface area contributed by atoms with Crippen molar-refractivity contribution in [3.05, 3.63) is 35.3 Å². The van der Waals surface area contributed by atoms with Gasteiger partial charge in [-0.15, -0.1) is 11.3 Å². The van der Waals surface area contributed by atoms with Gasteiger partial charge in [-0.25, -0.2) is 14.6 Å². The van der Waals surface area contributed by atoms with E-state index in [1.807, 2.05) is 12.1 Å². The Bertz CT molecular complexity index is 874. The monoisotopic (exact) mass is 417 g/mol.